The molecule has 0 radical (unpaired) electrons. The molecule has 10 heteroatoms. The highest BCUT2D eigenvalue weighted by Crippen LogP contribution is 2.30. The zero-order chi connectivity index (χ0) is 19.5. The zero-order valence-corrected chi connectivity index (χ0v) is 16.9. The van der Waals surface area contributed by atoms with E-state index in [4.69, 9.17) is 16.0 Å². The zero-order valence-electron chi connectivity index (χ0n) is 14.5. The topological polar surface area (TPSA) is 85.8 Å². The first-order valence-corrected chi connectivity index (χ1v) is 10.4. The molecule has 0 saturated heterocycles. The molecule has 142 valence electrons. The minimum absolute atomic E-state index is 0.159. The number of allylic oxidation sites excluding steroid dienone is 1. The van der Waals surface area contributed by atoms with Crippen molar-refractivity contribution in [1.29, 1.82) is 0 Å². The molecule has 28 heavy (non-hydrogen) atoms. The van der Waals surface area contributed by atoms with Crippen molar-refractivity contribution in [2.75, 3.05) is 11.1 Å². The summed E-state index contributed by atoms with van der Waals surface area (Å²) in [7, 11) is 0. The second kappa shape index (κ2) is 8.17. The summed E-state index contributed by atoms with van der Waals surface area (Å²) in [4.78, 5) is 16.1. The van der Waals surface area contributed by atoms with E-state index < -0.39 is 0 Å². The number of aromatic nitrogens is 4. The number of amides is 1. The van der Waals surface area contributed by atoms with Crippen molar-refractivity contribution in [3.05, 3.63) is 53.5 Å². The van der Waals surface area contributed by atoms with Crippen LogP contribution in [0.5, 0.6) is 0 Å². The van der Waals surface area contributed by atoms with Crippen molar-refractivity contribution in [3.63, 3.8) is 0 Å². The SMILES string of the molecule is C=CCn1c(SCC(=O)Nc2nccs2)nnc1-c1cc2cc(Cl)ccc2o1. The third kappa shape index (κ3) is 3.96. The van der Waals surface area contributed by atoms with Gasteiger partial charge in [-0.1, -0.05) is 29.4 Å². The third-order valence-electron chi connectivity index (χ3n) is 3.74. The van der Waals surface area contributed by atoms with E-state index in [1.165, 1.54) is 23.1 Å². The molecule has 1 N–H and O–H groups in total. The first kappa shape index (κ1) is 18.7. The smallest absolute Gasteiger partial charge is 0.236 e. The lowest BCUT2D eigenvalue weighted by Gasteiger charge is -2.06. The number of carbonyl (C=O) groups is 1. The van der Waals surface area contributed by atoms with Crippen LogP contribution in [0.3, 0.4) is 0 Å². The lowest BCUT2D eigenvalue weighted by Crippen LogP contribution is -2.14. The van der Waals surface area contributed by atoms with Gasteiger partial charge in [-0.3, -0.25) is 9.36 Å². The van der Waals surface area contributed by atoms with Crippen molar-refractivity contribution < 1.29 is 9.21 Å². The molecule has 3 aromatic heterocycles. The van der Waals surface area contributed by atoms with Crippen LogP contribution in [0.15, 0.2) is 58.1 Å². The molecule has 7 nitrogen and oxygen atoms in total. The molecule has 0 bridgehead atoms. The molecule has 1 aromatic carbocycles. The fourth-order valence-electron chi connectivity index (χ4n) is 2.57. The van der Waals surface area contributed by atoms with Gasteiger partial charge < -0.3 is 9.73 Å². The van der Waals surface area contributed by atoms with Crippen LogP contribution in [0, 0.1) is 0 Å². The van der Waals surface area contributed by atoms with Crippen molar-refractivity contribution in [2.24, 2.45) is 0 Å². The Hall–Kier alpha value is -2.62. The molecule has 0 aliphatic rings. The highest BCUT2D eigenvalue weighted by atomic mass is 35.5. The van der Waals surface area contributed by atoms with Crippen LogP contribution in [0.2, 0.25) is 5.02 Å². The number of benzene rings is 1. The second-order valence-electron chi connectivity index (χ2n) is 5.67. The van der Waals surface area contributed by atoms with E-state index in [-0.39, 0.29) is 11.7 Å². The van der Waals surface area contributed by atoms with Crippen LogP contribution >= 0.6 is 34.7 Å². The molecule has 0 unspecified atom stereocenters. The quantitative estimate of drug-likeness (QED) is 0.336. The van der Waals surface area contributed by atoms with Crippen LogP contribution in [0.4, 0.5) is 5.13 Å². The van der Waals surface area contributed by atoms with Gasteiger partial charge in [0.1, 0.15) is 5.58 Å². The Kier molecular flexibility index (Phi) is 5.47. The Balaban J connectivity index is 1.56. The molecule has 0 spiro atoms. The van der Waals surface area contributed by atoms with Gasteiger partial charge >= 0.3 is 0 Å². The minimum atomic E-state index is -0.159. The van der Waals surface area contributed by atoms with E-state index in [0.717, 1.165) is 5.39 Å². The Morgan fingerprint density at radius 2 is 2.29 bits per heavy atom. The number of nitrogens with one attached hydrogen (secondary N) is 1. The summed E-state index contributed by atoms with van der Waals surface area (Å²) in [6, 6.07) is 7.28. The number of nitrogens with zero attached hydrogens (tertiary/aromatic N) is 4. The molecule has 4 aromatic rings. The van der Waals surface area contributed by atoms with Crippen LogP contribution in [0.25, 0.3) is 22.6 Å². The number of hydrogen-bond donors (Lipinski definition) is 1. The number of carbonyl (C=O) groups excluding carboxylic acids is 1. The van der Waals surface area contributed by atoms with E-state index in [2.05, 4.69) is 27.1 Å². The third-order valence-corrected chi connectivity index (χ3v) is 5.63. The predicted molar refractivity (Wildman–Crippen MR) is 112 cm³/mol. The maximum Gasteiger partial charge on any atom is 0.236 e. The van der Waals surface area contributed by atoms with Crippen molar-refractivity contribution in [2.45, 2.75) is 11.7 Å². The number of halogens is 1. The van der Waals surface area contributed by atoms with E-state index >= 15 is 0 Å². The summed E-state index contributed by atoms with van der Waals surface area (Å²) < 4.78 is 7.75. The molecule has 0 saturated carbocycles. The summed E-state index contributed by atoms with van der Waals surface area (Å²) in [6.45, 7) is 4.27. The number of fused-ring (bicyclic) bond motifs is 1. The summed E-state index contributed by atoms with van der Waals surface area (Å²) in [5.74, 6) is 1.17. The van der Waals surface area contributed by atoms with Crippen molar-refractivity contribution >= 4 is 56.7 Å². The van der Waals surface area contributed by atoms with E-state index in [9.17, 15) is 4.79 Å². The minimum Gasteiger partial charge on any atom is -0.453 e. The standard InChI is InChI=1S/C18H14ClN5O2S2/c1-2-6-24-16(14-9-11-8-12(19)3-4-13(11)26-14)22-23-18(24)28-10-15(25)21-17-20-5-7-27-17/h2-5,7-9H,1,6,10H2,(H,20,21,25). The first-order chi connectivity index (χ1) is 13.6. The number of rotatable bonds is 7. The molecule has 0 aliphatic carbocycles. The molecule has 0 aliphatic heterocycles. The second-order valence-corrected chi connectivity index (χ2v) is 7.95. The molecule has 3 heterocycles. The molecule has 0 fully saturated rings. The largest absolute Gasteiger partial charge is 0.453 e. The monoisotopic (exact) mass is 431 g/mol. The summed E-state index contributed by atoms with van der Waals surface area (Å²) in [6.07, 6.45) is 3.38. The lowest BCUT2D eigenvalue weighted by molar-refractivity contribution is -0.113. The molecule has 0 atom stereocenters. The average Bonchev–Trinajstić information content (AvgIpc) is 3.39. The van der Waals surface area contributed by atoms with Crippen molar-refractivity contribution in [3.8, 4) is 11.6 Å². The van der Waals surface area contributed by atoms with Gasteiger partial charge in [0.05, 0.1) is 5.75 Å². The van der Waals surface area contributed by atoms with E-state index in [0.29, 0.717) is 39.0 Å². The molecule has 1 amide bonds. The highest BCUT2D eigenvalue weighted by Gasteiger charge is 2.18. The Morgan fingerprint density at radius 3 is 3.07 bits per heavy atom. The predicted octanol–water partition coefficient (Wildman–Crippen LogP) is 4.72. The number of anilines is 1. The van der Waals surface area contributed by atoms with Crippen LogP contribution < -0.4 is 5.32 Å². The Labute approximate surface area is 173 Å². The number of thiazole rings is 1. The summed E-state index contributed by atoms with van der Waals surface area (Å²) >= 11 is 8.70. The normalized spacial score (nSPS) is 11.0. The van der Waals surface area contributed by atoms with E-state index in [1.807, 2.05) is 22.8 Å². The van der Waals surface area contributed by atoms with Crippen molar-refractivity contribution in [1.82, 2.24) is 19.7 Å². The lowest BCUT2D eigenvalue weighted by atomic mass is 10.2. The van der Waals surface area contributed by atoms with E-state index in [1.54, 1.807) is 23.7 Å². The van der Waals surface area contributed by atoms with Gasteiger partial charge in [-0.2, -0.15) is 0 Å². The van der Waals surface area contributed by atoms with Gasteiger partial charge in [0.25, 0.3) is 0 Å². The maximum absolute atomic E-state index is 12.1. The molecular formula is C18H14ClN5O2S2. The van der Waals surface area contributed by atoms with Gasteiger partial charge in [-0.05, 0) is 24.3 Å². The average molecular weight is 432 g/mol. The van der Waals surface area contributed by atoms with Crippen LogP contribution in [-0.2, 0) is 11.3 Å². The molecular weight excluding hydrogens is 418 g/mol. The van der Waals surface area contributed by atoms with Gasteiger partial charge in [0, 0.05) is 28.5 Å². The highest BCUT2D eigenvalue weighted by molar-refractivity contribution is 7.99. The fourth-order valence-corrected chi connectivity index (χ4v) is 4.04. The summed E-state index contributed by atoms with van der Waals surface area (Å²) in [5.41, 5.74) is 0.713. The maximum atomic E-state index is 12.1. The van der Waals surface area contributed by atoms with Crippen LogP contribution in [-0.4, -0.2) is 31.4 Å². The Morgan fingerprint density at radius 1 is 1.39 bits per heavy atom. The number of hydrogen-bond acceptors (Lipinski definition) is 7. The van der Waals surface area contributed by atoms with Gasteiger partial charge in [0.2, 0.25) is 11.7 Å². The van der Waals surface area contributed by atoms with Gasteiger partial charge in [-0.15, -0.1) is 28.1 Å². The van der Waals surface area contributed by atoms with Gasteiger partial charge in [-0.25, -0.2) is 4.98 Å². The molecule has 4 rings (SSSR count). The first-order valence-electron chi connectivity index (χ1n) is 8.20. The Bertz CT molecular complexity index is 1140. The fraction of sp³-hybridized carbons (Fsp3) is 0.111. The number of furan rings is 1. The van der Waals surface area contributed by atoms with Gasteiger partial charge in [0.15, 0.2) is 16.0 Å². The van der Waals surface area contributed by atoms with Crippen LogP contribution in [0.1, 0.15) is 0 Å². The number of thioether (sulfide) groups is 1. The summed E-state index contributed by atoms with van der Waals surface area (Å²) in [5, 5.41) is 15.7.